The van der Waals surface area contributed by atoms with Crippen LogP contribution < -0.4 is 0 Å². The molecule has 2 aromatic rings. The zero-order valence-corrected chi connectivity index (χ0v) is 13.4. The number of hydrogen-bond donors (Lipinski definition) is 2. The van der Waals surface area contributed by atoms with Crippen molar-refractivity contribution < 1.29 is 15.0 Å². The minimum absolute atomic E-state index is 0.0251. The van der Waals surface area contributed by atoms with E-state index in [1.165, 1.54) is 11.3 Å². The molecule has 0 bridgehead atoms. The van der Waals surface area contributed by atoms with Gasteiger partial charge in [0, 0.05) is 19.7 Å². The third-order valence-electron chi connectivity index (χ3n) is 2.97. The predicted molar refractivity (Wildman–Crippen MR) is 84.9 cm³/mol. The van der Waals surface area contributed by atoms with Crippen molar-refractivity contribution in [2.75, 3.05) is 26.3 Å². The van der Waals surface area contributed by atoms with E-state index < -0.39 is 0 Å². The Morgan fingerprint density at radius 3 is 2.76 bits per heavy atom. The SMILES string of the molecule is Cc1nc(-c2cccs2)sc1C(=O)N(CCO)CCCO. The molecule has 0 aromatic carbocycles. The van der Waals surface area contributed by atoms with Crippen LogP contribution in [-0.4, -0.2) is 52.3 Å². The number of aliphatic hydroxyl groups excluding tert-OH is 2. The Bertz CT molecular complexity index is 581. The second-order valence-corrected chi connectivity index (χ2v) is 6.45. The van der Waals surface area contributed by atoms with Gasteiger partial charge in [-0.25, -0.2) is 4.98 Å². The highest BCUT2D eigenvalue weighted by atomic mass is 32.1. The van der Waals surface area contributed by atoms with Crippen molar-refractivity contribution in [3.8, 4) is 9.88 Å². The first-order valence-electron chi connectivity index (χ1n) is 6.69. The smallest absolute Gasteiger partial charge is 0.265 e. The first-order valence-corrected chi connectivity index (χ1v) is 8.39. The Morgan fingerprint density at radius 1 is 1.33 bits per heavy atom. The molecule has 0 unspecified atom stereocenters. The minimum Gasteiger partial charge on any atom is -0.396 e. The maximum Gasteiger partial charge on any atom is 0.265 e. The molecule has 0 aliphatic rings. The summed E-state index contributed by atoms with van der Waals surface area (Å²) >= 11 is 2.97. The number of thiazole rings is 1. The number of carbonyl (C=O) groups excluding carboxylic acids is 1. The van der Waals surface area contributed by atoms with Crippen LogP contribution in [0.4, 0.5) is 0 Å². The van der Waals surface area contributed by atoms with Crippen LogP contribution in [0.25, 0.3) is 9.88 Å². The molecule has 0 saturated heterocycles. The zero-order valence-electron chi connectivity index (χ0n) is 11.8. The minimum atomic E-state index is -0.129. The Balaban J connectivity index is 2.21. The van der Waals surface area contributed by atoms with Gasteiger partial charge in [0.15, 0.2) is 0 Å². The second kappa shape index (κ2) is 7.65. The summed E-state index contributed by atoms with van der Waals surface area (Å²) in [4.78, 5) is 20.2. The number of thiophene rings is 1. The number of carbonyl (C=O) groups is 1. The van der Waals surface area contributed by atoms with E-state index >= 15 is 0 Å². The maximum atomic E-state index is 12.6. The molecule has 1 amide bonds. The molecular weight excluding hydrogens is 308 g/mol. The summed E-state index contributed by atoms with van der Waals surface area (Å²) in [6.45, 7) is 2.46. The fourth-order valence-electron chi connectivity index (χ4n) is 1.94. The van der Waals surface area contributed by atoms with Crippen LogP contribution in [0.2, 0.25) is 0 Å². The fourth-order valence-corrected chi connectivity index (χ4v) is 3.77. The number of aryl methyl sites for hydroxylation is 1. The highest BCUT2D eigenvalue weighted by molar-refractivity contribution is 7.22. The lowest BCUT2D eigenvalue weighted by molar-refractivity contribution is 0.0714. The Labute approximate surface area is 131 Å². The van der Waals surface area contributed by atoms with Crippen molar-refractivity contribution in [2.45, 2.75) is 13.3 Å². The number of rotatable bonds is 7. The lowest BCUT2D eigenvalue weighted by Gasteiger charge is -2.20. The second-order valence-electron chi connectivity index (χ2n) is 4.50. The lowest BCUT2D eigenvalue weighted by Crippen LogP contribution is -2.34. The quantitative estimate of drug-likeness (QED) is 0.816. The molecule has 2 rings (SSSR count). The van der Waals surface area contributed by atoms with E-state index in [-0.39, 0.29) is 25.7 Å². The molecule has 0 saturated carbocycles. The summed E-state index contributed by atoms with van der Waals surface area (Å²) in [6.07, 6.45) is 0.501. The Morgan fingerprint density at radius 2 is 2.14 bits per heavy atom. The molecule has 7 heteroatoms. The normalized spacial score (nSPS) is 10.8. The number of aromatic nitrogens is 1. The molecule has 0 aliphatic heterocycles. The molecule has 0 aliphatic carbocycles. The van der Waals surface area contributed by atoms with Crippen LogP contribution in [0.15, 0.2) is 17.5 Å². The van der Waals surface area contributed by atoms with Crippen LogP contribution in [0.1, 0.15) is 21.8 Å². The third-order valence-corrected chi connectivity index (χ3v) is 5.15. The third kappa shape index (κ3) is 3.88. The summed E-state index contributed by atoms with van der Waals surface area (Å²) < 4.78 is 0. The van der Waals surface area contributed by atoms with Gasteiger partial charge in [0.1, 0.15) is 9.88 Å². The van der Waals surface area contributed by atoms with Crippen LogP contribution in [-0.2, 0) is 0 Å². The zero-order chi connectivity index (χ0) is 15.2. The van der Waals surface area contributed by atoms with E-state index in [1.54, 1.807) is 16.2 Å². The van der Waals surface area contributed by atoms with E-state index in [1.807, 2.05) is 24.4 Å². The van der Waals surface area contributed by atoms with E-state index in [0.29, 0.717) is 23.5 Å². The summed E-state index contributed by atoms with van der Waals surface area (Å²) in [5.41, 5.74) is 0.709. The summed E-state index contributed by atoms with van der Waals surface area (Å²) in [6, 6.07) is 3.94. The number of hydrogen-bond acceptors (Lipinski definition) is 6. The van der Waals surface area contributed by atoms with E-state index in [2.05, 4.69) is 4.98 Å². The highest BCUT2D eigenvalue weighted by Gasteiger charge is 2.21. The van der Waals surface area contributed by atoms with Gasteiger partial charge >= 0.3 is 0 Å². The fraction of sp³-hybridized carbons (Fsp3) is 0.429. The van der Waals surface area contributed by atoms with Crippen molar-refractivity contribution in [1.82, 2.24) is 9.88 Å². The first kappa shape index (κ1) is 16.1. The van der Waals surface area contributed by atoms with Gasteiger partial charge in [-0.3, -0.25) is 4.79 Å². The van der Waals surface area contributed by atoms with Crippen LogP contribution >= 0.6 is 22.7 Å². The van der Waals surface area contributed by atoms with Crippen LogP contribution in [0.3, 0.4) is 0 Å². The molecule has 21 heavy (non-hydrogen) atoms. The topological polar surface area (TPSA) is 73.7 Å². The average molecular weight is 326 g/mol. The molecule has 0 fully saturated rings. The van der Waals surface area contributed by atoms with Crippen LogP contribution in [0.5, 0.6) is 0 Å². The summed E-state index contributed by atoms with van der Waals surface area (Å²) in [5, 5.41) is 20.8. The van der Waals surface area contributed by atoms with Crippen molar-refractivity contribution >= 4 is 28.6 Å². The number of amides is 1. The monoisotopic (exact) mass is 326 g/mol. The summed E-state index contributed by atoms with van der Waals surface area (Å²) in [7, 11) is 0. The molecule has 5 nitrogen and oxygen atoms in total. The standard InChI is InChI=1S/C14H18N2O3S2/c1-10-12(14(19)16(6-8-18)5-3-7-17)21-13(15-10)11-4-2-9-20-11/h2,4,9,17-18H,3,5-8H2,1H3. The van der Waals surface area contributed by atoms with Crippen molar-refractivity contribution in [2.24, 2.45) is 0 Å². The summed E-state index contributed by atoms with van der Waals surface area (Å²) in [5.74, 6) is -0.129. The molecule has 2 aromatic heterocycles. The van der Waals surface area contributed by atoms with Gasteiger partial charge in [-0.1, -0.05) is 6.07 Å². The highest BCUT2D eigenvalue weighted by Crippen LogP contribution is 2.31. The van der Waals surface area contributed by atoms with Gasteiger partial charge in [0.25, 0.3) is 5.91 Å². The number of aliphatic hydroxyl groups is 2. The molecule has 2 heterocycles. The molecule has 114 valence electrons. The van der Waals surface area contributed by atoms with Crippen molar-refractivity contribution in [1.29, 1.82) is 0 Å². The first-order chi connectivity index (χ1) is 10.2. The Kier molecular flexibility index (Phi) is 5.86. The molecule has 2 N–H and O–H groups in total. The Hall–Kier alpha value is -1.28. The molecule has 0 radical (unpaired) electrons. The van der Waals surface area contributed by atoms with Gasteiger partial charge < -0.3 is 15.1 Å². The maximum absolute atomic E-state index is 12.6. The van der Waals surface area contributed by atoms with E-state index in [9.17, 15) is 4.79 Å². The van der Waals surface area contributed by atoms with Gasteiger partial charge in [-0.2, -0.15) is 0 Å². The van der Waals surface area contributed by atoms with Crippen molar-refractivity contribution in [3.63, 3.8) is 0 Å². The van der Waals surface area contributed by atoms with Gasteiger partial charge in [0.05, 0.1) is 17.2 Å². The number of nitrogens with zero attached hydrogens (tertiary/aromatic N) is 2. The van der Waals surface area contributed by atoms with Gasteiger partial charge in [-0.15, -0.1) is 22.7 Å². The van der Waals surface area contributed by atoms with Gasteiger partial charge in [-0.05, 0) is 24.8 Å². The van der Waals surface area contributed by atoms with E-state index in [0.717, 1.165) is 9.88 Å². The van der Waals surface area contributed by atoms with Crippen LogP contribution in [0, 0.1) is 6.92 Å². The largest absolute Gasteiger partial charge is 0.396 e. The average Bonchev–Trinajstić information content (AvgIpc) is 3.11. The molecule has 0 atom stereocenters. The van der Waals surface area contributed by atoms with Crippen molar-refractivity contribution in [3.05, 3.63) is 28.1 Å². The molecule has 0 spiro atoms. The van der Waals surface area contributed by atoms with E-state index in [4.69, 9.17) is 10.2 Å². The predicted octanol–water partition coefficient (Wildman–Crippen LogP) is 2.00. The van der Waals surface area contributed by atoms with Gasteiger partial charge in [0.2, 0.25) is 0 Å². The molecular formula is C14H18N2O3S2. The lowest BCUT2D eigenvalue weighted by atomic mass is 10.3.